The second-order valence-corrected chi connectivity index (χ2v) is 7.38. The summed E-state index contributed by atoms with van der Waals surface area (Å²) in [6.45, 7) is 1.28. The topological polar surface area (TPSA) is 114 Å². The van der Waals surface area contributed by atoms with Crippen molar-refractivity contribution in [2.45, 2.75) is 13.0 Å². The number of H-pyrrole nitrogens is 1. The monoisotopic (exact) mass is 417 g/mol. The first kappa shape index (κ1) is 20.6. The molecule has 31 heavy (non-hydrogen) atoms. The smallest absolute Gasteiger partial charge is 0.256 e. The van der Waals surface area contributed by atoms with Gasteiger partial charge in [0.15, 0.2) is 0 Å². The first-order chi connectivity index (χ1) is 15.0. The Balaban J connectivity index is 1.83. The Labute approximate surface area is 179 Å². The first-order valence-electron chi connectivity index (χ1n) is 9.97. The fourth-order valence-corrected chi connectivity index (χ4v) is 3.74. The van der Waals surface area contributed by atoms with Crippen molar-refractivity contribution in [3.8, 4) is 11.1 Å². The molecule has 7 heteroatoms. The third-order valence-corrected chi connectivity index (χ3v) is 5.21. The average molecular weight is 417 g/mol. The molecule has 1 aliphatic heterocycles. The molecule has 5 N–H and O–H groups in total. The maximum atomic E-state index is 13.0. The molecular weight excluding hydrogens is 394 g/mol. The van der Waals surface area contributed by atoms with Crippen molar-refractivity contribution in [3.05, 3.63) is 77.1 Å². The average Bonchev–Trinajstić information content (AvgIpc) is 3.28. The van der Waals surface area contributed by atoms with E-state index in [2.05, 4.69) is 15.6 Å². The van der Waals surface area contributed by atoms with E-state index in [9.17, 15) is 14.7 Å². The number of anilines is 1. The Morgan fingerprint density at radius 2 is 1.84 bits per heavy atom. The van der Waals surface area contributed by atoms with Crippen LogP contribution in [0.4, 0.5) is 5.69 Å². The fraction of sp³-hybridized carbons (Fsp3) is 0.167. The summed E-state index contributed by atoms with van der Waals surface area (Å²) in [5.74, 6) is -0.578. The molecule has 1 atom stereocenters. The van der Waals surface area contributed by atoms with E-state index in [0.29, 0.717) is 28.1 Å². The fourth-order valence-electron chi connectivity index (χ4n) is 3.74. The van der Waals surface area contributed by atoms with E-state index in [-0.39, 0.29) is 18.4 Å². The highest BCUT2D eigenvalue weighted by molar-refractivity contribution is 6.35. The molecule has 4 rings (SSSR count). The van der Waals surface area contributed by atoms with Gasteiger partial charge < -0.3 is 25.8 Å². The lowest BCUT2D eigenvalue weighted by Crippen LogP contribution is -2.34. The second-order valence-electron chi connectivity index (χ2n) is 7.38. The number of nitrogens with one attached hydrogen (secondary N) is 3. The first-order valence-corrected chi connectivity index (χ1v) is 9.97. The van der Waals surface area contributed by atoms with E-state index in [1.54, 1.807) is 13.0 Å². The summed E-state index contributed by atoms with van der Waals surface area (Å²) in [7, 11) is 0. The molecule has 0 radical (unpaired) electrons. The number of amides is 2. The Hall–Kier alpha value is -3.68. The van der Waals surface area contributed by atoms with Crippen molar-refractivity contribution in [2.24, 2.45) is 0 Å². The van der Waals surface area contributed by atoms with Crippen LogP contribution in [0.15, 0.2) is 54.6 Å². The molecule has 2 heterocycles. The molecule has 2 aromatic carbocycles. The molecule has 0 aliphatic carbocycles. The highest BCUT2D eigenvalue weighted by atomic mass is 16.3. The van der Waals surface area contributed by atoms with Gasteiger partial charge in [0.1, 0.15) is 0 Å². The van der Waals surface area contributed by atoms with Crippen LogP contribution >= 0.6 is 0 Å². The predicted molar refractivity (Wildman–Crippen MR) is 119 cm³/mol. The minimum Gasteiger partial charge on any atom is -0.394 e. The molecule has 0 spiro atoms. The number of hydrogen-bond donors (Lipinski definition) is 5. The second kappa shape index (κ2) is 8.59. The van der Waals surface area contributed by atoms with Crippen LogP contribution < -0.4 is 10.6 Å². The zero-order valence-corrected chi connectivity index (χ0v) is 17.0. The summed E-state index contributed by atoms with van der Waals surface area (Å²) in [6.07, 6.45) is 0.721. The van der Waals surface area contributed by atoms with E-state index in [1.807, 2.05) is 54.6 Å². The van der Waals surface area contributed by atoms with Crippen molar-refractivity contribution >= 4 is 29.2 Å². The molecule has 158 valence electrons. The van der Waals surface area contributed by atoms with Crippen LogP contribution in [-0.2, 0) is 4.79 Å². The van der Waals surface area contributed by atoms with Crippen LogP contribution in [-0.4, -0.2) is 46.3 Å². The SMILES string of the molecule is Cc1[nH]c(/C=C2\C(=O)Nc3ccccc32)c(-c2ccccc2)c1C(=O)NC[C@@H](O)CO. The van der Waals surface area contributed by atoms with Crippen LogP contribution in [0.2, 0.25) is 0 Å². The largest absolute Gasteiger partial charge is 0.394 e. The minimum absolute atomic E-state index is 0.0691. The summed E-state index contributed by atoms with van der Waals surface area (Å²) < 4.78 is 0. The van der Waals surface area contributed by atoms with E-state index < -0.39 is 12.7 Å². The van der Waals surface area contributed by atoms with Crippen molar-refractivity contribution in [1.29, 1.82) is 0 Å². The van der Waals surface area contributed by atoms with Crippen molar-refractivity contribution in [2.75, 3.05) is 18.5 Å². The molecule has 1 aromatic heterocycles. The van der Waals surface area contributed by atoms with Gasteiger partial charge in [0.2, 0.25) is 0 Å². The van der Waals surface area contributed by atoms with Gasteiger partial charge in [0, 0.05) is 34.7 Å². The van der Waals surface area contributed by atoms with Crippen molar-refractivity contribution in [3.63, 3.8) is 0 Å². The summed E-state index contributed by atoms with van der Waals surface area (Å²) in [5.41, 5.74) is 5.24. The lowest BCUT2D eigenvalue weighted by atomic mass is 9.97. The number of rotatable bonds is 6. The Bertz CT molecular complexity index is 1160. The zero-order chi connectivity index (χ0) is 22.0. The van der Waals surface area contributed by atoms with Gasteiger partial charge in [-0.05, 0) is 24.6 Å². The van der Waals surface area contributed by atoms with E-state index in [4.69, 9.17) is 5.11 Å². The number of aromatic nitrogens is 1. The van der Waals surface area contributed by atoms with Crippen molar-refractivity contribution in [1.82, 2.24) is 10.3 Å². The van der Waals surface area contributed by atoms with E-state index in [1.165, 1.54) is 0 Å². The Kier molecular flexibility index (Phi) is 5.70. The van der Waals surface area contributed by atoms with Crippen molar-refractivity contribution < 1.29 is 19.8 Å². The molecule has 0 fully saturated rings. The van der Waals surface area contributed by atoms with Gasteiger partial charge in [-0.2, -0.15) is 0 Å². The van der Waals surface area contributed by atoms with Gasteiger partial charge in [-0.15, -0.1) is 0 Å². The molecule has 1 aliphatic rings. The van der Waals surface area contributed by atoms with Gasteiger partial charge in [0.05, 0.1) is 23.8 Å². The number of fused-ring (bicyclic) bond motifs is 1. The standard InChI is InChI=1S/C24H23N3O4/c1-14-21(24(31)25-12-16(29)13-28)22(15-7-3-2-4-8-15)20(26-14)11-18-17-9-5-6-10-19(17)27-23(18)30/h2-11,16,26,28-29H,12-13H2,1H3,(H,25,31)(H,27,30)/b18-11-/t16-/m1/s1. The van der Waals surface area contributed by atoms with E-state index >= 15 is 0 Å². The molecular formula is C24H23N3O4. The van der Waals surface area contributed by atoms with Gasteiger partial charge >= 0.3 is 0 Å². The lowest BCUT2D eigenvalue weighted by molar-refractivity contribution is -0.110. The molecule has 0 bridgehead atoms. The van der Waals surface area contributed by atoms with Gasteiger partial charge in [-0.25, -0.2) is 0 Å². The van der Waals surface area contributed by atoms with Crippen LogP contribution in [0.25, 0.3) is 22.8 Å². The number of benzene rings is 2. The quantitative estimate of drug-likeness (QED) is 0.397. The zero-order valence-electron chi connectivity index (χ0n) is 17.0. The maximum Gasteiger partial charge on any atom is 0.256 e. The molecule has 7 nitrogen and oxygen atoms in total. The molecule has 2 amide bonds. The summed E-state index contributed by atoms with van der Waals surface area (Å²) in [6, 6.07) is 16.9. The summed E-state index contributed by atoms with van der Waals surface area (Å²) >= 11 is 0. The lowest BCUT2D eigenvalue weighted by Gasteiger charge is -2.11. The molecule has 0 saturated heterocycles. The van der Waals surface area contributed by atoms with Gasteiger partial charge in [-0.3, -0.25) is 9.59 Å². The Morgan fingerprint density at radius 3 is 2.58 bits per heavy atom. The van der Waals surface area contributed by atoms with Crippen LogP contribution in [0, 0.1) is 6.92 Å². The number of para-hydroxylation sites is 1. The number of hydrogen-bond acceptors (Lipinski definition) is 4. The number of aliphatic hydroxyl groups excluding tert-OH is 2. The normalized spacial score (nSPS) is 14.9. The number of aliphatic hydroxyl groups is 2. The number of aryl methyl sites for hydroxylation is 1. The summed E-state index contributed by atoms with van der Waals surface area (Å²) in [4.78, 5) is 28.8. The van der Waals surface area contributed by atoms with Crippen LogP contribution in [0.3, 0.4) is 0 Å². The third-order valence-electron chi connectivity index (χ3n) is 5.21. The number of aromatic amines is 1. The highest BCUT2D eigenvalue weighted by Gasteiger charge is 2.26. The molecule has 0 unspecified atom stereocenters. The van der Waals surface area contributed by atoms with Gasteiger partial charge in [-0.1, -0.05) is 48.5 Å². The minimum atomic E-state index is -1.04. The number of carbonyl (C=O) groups excluding carboxylic acids is 2. The number of carbonyl (C=O) groups is 2. The third kappa shape index (κ3) is 4.01. The summed E-state index contributed by atoms with van der Waals surface area (Å²) in [5, 5.41) is 24.1. The predicted octanol–water partition coefficient (Wildman–Crippen LogP) is 2.57. The van der Waals surface area contributed by atoms with Crippen LogP contribution in [0.5, 0.6) is 0 Å². The Morgan fingerprint density at radius 1 is 1.13 bits per heavy atom. The van der Waals surface area contributed by atoms with Crippen LogP contribution in [0.1, 0.15) is 27.3 Å². The molecule has 3 aromatic rings. The van der Waals surface area contributed by atoms with Gasteiger partial charge in [0.25, 0.3) is 11.8 Å². The van der Waals surface area contributed by atoms with E-state index in [0.717, 1.165) is 16.8 Å². The highest BCUT2D eigenvalue weighted by Crippen LogP contribution is 2.36. The maximum absolute atomic E-state index is 13.0. The molecule has 0 saturated carbocycles.